The molecule has 0 saturated heterocycles. The smallest absolute Gasteiger partial charge is 0.165 e. The van der Waals surface area contributed by atoms with Crippen LogP contribution in [0, 0.1) is 5.82 Å². The molecule has 1 atom stereocenters. The average Bonchev–Trinajstić information content (AvgIpc) is 2.47. The molecule has 0 fully saturated rings. The summed E-state index contributed by atoms with van der Waals surface area (Å²) in [6.07, 6.45) is 4.43. The van der Waals surface area contributed by atoms with Crippen molar-refractivity contribution in [2.24, 2.45) is 0 Å². The van der Waals surface area contributed by atoms with E-state index in [4.69, 9.17) is 4.74 Å². The van der Waals surface area contributed by atoms with Gasteiger partial charge in [-0.1, -0.05) is 18.2 Å². The van der Waals surface area contributed by atoms with Gasteiger partial charge in [0.2, 0.25) is 0 Å². The number of hydrogen-bond acceptors (Lipinski definition) is 3. The van der Waals surface area contributed by atoms with Crippen molar-refractivity contribution < 1.29 is 9.13 Å². The summed E-state index contributed by atoms with van der Waals surface area (Å²) in [7, 11) is 0. The van der Waals surface area contributed by atoms with E-state index < -0.39 is 0 Å². The number of pyridine rings is 1. The third-order valence-corrected chi connectivity index (χ3v) is 3.30. The number of rotatable bonds is 3. The molecule has 0 amide bonds. The van der Waals surface area contributed by atoms with Gasteiger partial charge in [0.15, 0.2) is 11.6 Å². The molecular formula is C15H15FN2O. The van der Waals surface area contributed by atoms with Crippen molar-refractivity contribution in [3.8, 4) is 5.75 Å². The number of nitrogens with one attached hydrogen (secondary N) is 1. The lowest BCUT2D eigenvalue weighted by Crippen LogP contribution is -2.27. The Morgan fingerprint density at radius 2 is 2.26 bits per heavy atom. The summed E-state index contributed by atoms with van der Waals surface area (Å²) in [6, 6.07) is 9.13. The highest BCUT2D eigenvalue weighted by Gasteiger charge is 2.23. The number of fused-ring (bicyclic) bond motifs is 1. The lowest BCUT2D eigenvalue weighted by Gasteiger charge is -2.27. The maximum absolute atomic E-state index is 13.6. The summed E-state index contributed by atoms with van der Waals surface area (Å²) in [5.74, 6) is 0.0998. The topological polar surface area (TPSA) is 34.1 Å². The Kier molecular flexibility index (Phi) is 3.42. The van der Waals surface area contributed by atoms with Crippen LogP contribution in [0.25, 0.3) is 0 Å². The fourth-order valence-corrected chi connectivity index (χ4v) is 2.34. The molecule has 1 N–H and O–H groups in total. The van der Waals surface area contributed by atoms with Gasteiger partial charge in [0.25, 0.3) is 0 Å². The number of benzene rings is 1. The van der Waals surface area contributed by atoms with Crippen LogP contribution < -0.4 is 10.1 Å². The molecule has 1 unspecified atom stereocenters. The zero-order valence-corrected chi connectivity index (χ0v) is 10.5. The molecule has 1 aromatic carbocycles. The third-order valence-electron chi connectivity index (χ3n) is 3.30. The number of aromatic nitrogens is 1. The van der Waals surface area contributed by atoms with Gasteiger partial charge in [-0.05, 0) is 17.7 Å². The molecule has 2 aromatic rings. The Morgan fingerprint density at radius 1 is 1.32 bits per heavy atom. The second kappa shape index (κ2) is 5.36. The standard InChI is InChI=1S/C15H15FN2O/c16-13-5-1-4-12-14(6-8-19-15(12)13)18-10-11-3-2-7-17-9-11/h1-5,7,9,14,18H,6,8,10H2. The molecule has 3 rings (SSSR count). The zero-order valence-electron chi connectivity index (χ0n) is 10.5. The van der Waals surface area contributed by atoms with Crippen LogP contribution >= 0.6 is 0 Å². The first-order valence-corrected chi connectivity index (χ1v) is 6.38. The Hall–Kier alpha value is -1.94. The molecule has 4 heteroatoms. The summed E-state index contributed by atoms with van der Waals surface area (Å²) in [5.41, 5.74) is 2.02. The Labute approximate surface area is 111 Å². The van der Waals surface area contributed by atoms with Gasteiger partial charge in [-0.2, -0.15) is 0 Å². The summed E-state index contributed by atoms with van der Waals surface area (Å²) in [5, 5.41) is 3.43. The maximum atomic E-state index is 13.6. The number of hydrogen-bond donors (Lipinski definition) is 1. The highest BCUT2D eigenvalue weighted by atomic mass is 19.1. The molecule has 0 spiro atoms. The molecule has 3 nitrogen and oxygen atoms in total. The molecule has 0 radical (unpaired) electrons. The first-order valence-electron chi connectivity index (χ1n) is 6.38. The van der Waals surface area contributed by atoms with Gasteiger partial charge in [-0.3, -0.25) is 4.98 Å². The van der Waals surface area contributed by atoms with Gasteiger partial charge < -0.3 is 10.1 Å². The molecule has 98 valence electrons. The van der Waals surface area contributed by atoms with Crippen molar-refractivity contribution in [3.05, 3.63) is 59.7 Å². The number of ether oxygens (including phenoxy) is 1. The van der Waals surface area contributed by atoms with Gasteiger partial charge in [-0.15, -0.1) is 0 Å². The Bertz CT molecular complexity index is 559. The van der Waals surface area contributed by atoms with E-state index in [0.717, 1.165) is 17.5 Å². The molecule has 1 aliphatic rings. The molecule has 0 bridgehead atoms. The predicted molar refractivity (Wildman–Crippen MR) is 70.3 cm³/mol. The fraction of sp³-hybridized carbons (Fsp3) is 0.267. The SMILES string of the molecule is Fc1cccc2c1OCCC2NCc1cccnc1. The van der Waals surface area contributed by atoms with Gasteiger partial charge in [-0.25, -0.2) is 4.39 Å². The van der Waals surface area contributed by atoms with E-state index in [2.05, 4.69) is 10.3 Å². The number of nitrogens with zero attached hydrogens (tertiary/aromatic N) is 1. The van der Waals surface area contributed by atoms with Crippen molar-refractivity contribution >= 4 is 0 Å². The normalized spacial score (nSPS) is 17.6. The Morgan fingerprint density at radius 3 is 3.11 bits per heavy atom. The molecule has 1 aliphatic heterocycles. The van der Waals surface area contributed by atoms with Crippen LogP contribution in [0.2, 0.25) is 0 Å². The van der Waals surface area contributed by atoms with Crippen LogP contribution in [0.1, 0.15) is 23.6 Å². The first-order chi connectivity index (χ1) is 9.34. The van der Waals surface area contributed by atoms with Crippen LogP contribution in [0.3, 0.4) is 0 Å². The average molecular weight is 258 g/mol. The Balaban J connectivity index is 1.75. The predicted octanol–water partition coefficient (Wildman–Crippen LogP) is 2.83. The van der Waals surface area contributed by atoms with Gasteiger partial charge in [0.1, 0.15) is 0 Å². The summed E-state index contributed by atoms with van der Waals surface area (Å²) < 4.78 is 19.1. The third kappa shape index (κ3) is 2.58. The van der Waals surface area contributed by atoms with Crippen molar-refractivity contribution in [3.63, 3.8) is 0 Å². The van der Waals surface area contributed by atoms with Crippen molar-refractivity contribution in [2.75, 3.05) is 6.61 Å². The minimum absolute atomic E-state index is 0.125. The van der Waals surface area contributed by atoms with Gasteiger partial charge >= 0.3 is 0 Å². The fourth-order valence-electron chi connectivity index (χ4n) is 2.34. The lowest BCUT2D eigenvalue weighted by atomic mass is 10.00. The maximum Gasteiger partial charge on any atom is 0.165 e. The second-order valence-corrected chi connectivity index (χ2v) is 4.59. The van der Waals surface area contributed by atoms with Crippen LogP contribution in [0.5, 0.6) is 5.75 Å². The van der Waals surface area contributed by atoms with Crippen LogP contribution in [0.4, 0.5) is 4.39 Å². The van der Waals surface area contributed by atoms with E-state index in [0.29, 0.717) is 18.9 Å². The molecule has 0 saturated carbocycles. The molecule has 0 aliphatic carbocycles. The second-order valence-electron chi connectivity index (χ2n) is 4.59. The quantitative estimate of drug-likeness (QED) is 0.919. The van der Waals surface area contributed by atoms with Crippen LogP contribution in [-0.4, -0.2) is 11.6 Å². The van der Waals surface area contributed by atoms with Gasteiger partial charge in [0, 0.05) is 37.0 Å². The van der Waals surface area contributed by atoms with E-state index in [1.165, 1.54) is 6.07 Å². The molecule has 1 aromatic heterocycles. The van der Waals surface area contributed by atoms with Crippen LogP contribution in [0.15, 0.2) is 42.7 Å². The monoisotopic (exact) mass is 258 g/mol. The summed E-state index contributed by atoms with van der Waals surface area (Å²) >= 11 is 0. The van der Waals surface area contributed by atoms with Crippen molar-refractivity contribution in [1.29, 1.82) is 0 Å². The summed E-state index contributed by atoms with van der Waals surface area (Å²) in [4.78, 5) is 4.08. The van der Waals surface area contributed by atoms with E-state index in [1.807, 2.05) is 24.4 Å². The van der Waals surface area contributed by atoms with E-state index in [1.54, 1.807) is 12.3 Å². The lowest BCUT2D eigenvalue weighted by molar-refractivity contribution is 0.240. The number of para-hydroxylation sites is 1. The van der Waals surface area contributed by atoms with E-state index in [-0.39, 0.29) is 11.9 Å². The van der Waals surface area contributed by atoms with E-state index >= 15 is 0 Å². The first kappa shape index (κ1) is 12.1. The zero-order chi connectivity index (χ0) is 13.1. The molecule has 2 heterocycles. The molecule has 19 heavy (non-hydrogen) atoms. The highest BCUT2D eigenvalue weighted by molar-refractivity contribution is 5.38. The summed E-state index contributed by atoms with van der Waals surface area (Å²) in [6.45, 7) is 1.26. The van der Waals surface area contributed by atoms with E-state index in [9.17, 15) is 4.39 Å². The van der Waals surface area contributed by atoms with Crippen molar-refractivity contribution in [1.82, 2.24) is 10.3 Å². The number of halogens is 1. The van der Waals surface area contributed by atoms with Crippen molar-refractivity contribution in [2.45, 2.75) is 19.0 Å². The minimum Gasteiger partial charge on any atom is -0.490 e. The molecular weight excluding hydrogens is 243 g/mol. The minimum atomic E-state index is -0.287. The largest absolute Gasteiger partial charge is 0.490 e. The van der Waals surface area contributed by atoms with Crippen LogP contribution in [-0.2, 0) is 6.54 Å². The highest BCUT2D eigenvalue weighted by Crippen LogP contribution is 2.34. The van der Waals surface area contributed by atoms with Gasteiger partial charge in [0.05, 0.1) is 6.61 Å².